The number of hydrogen-bond acceptors (Lipinski definition) is 8. The molecule has 0 atom stereocenters. The van der Waals surface area contributed by atoms with Gasteiger partial charge in [-0.15, -0.1) is 0 Å². The molecular formula is C35H55N5O5. The van der Waals surface area contributed by atoms with Crippen molar-refractivity contribution in [3.63, 3.8) is 0 Å². The fourth-order valence-electron chi connectivity index (χ4n) is 4.01. The molecule has 250 valence electrons. The van der Waals surface area contributed by atoms with Crippen LogP contribution in [0.2, 0.25) is 0 Å². The Bertz CT molecular complexity index is 1120. The van der Waals surface area contributed by atoms with Gasteiger partial charge >= 0.3 is 0 Å². The number of nitrogens with two attached hydrogens (primary N) is 4. The summed E-state index contributed by atoms with van der Waals surface area (Å²) in [6, 6.07) is 26.1. The molecule has 10 heteroatoms. The van der Waals surface area contributed by atoms with E-state index in [1.807, 2.05) is 57.2 Å². The second-order valence-corrected chi connectivity index (χ2v) is 8.99. The van der Waals surface area contributed by atoms with E-state index in [9.17, 15) is 0 Å². The zero-order valence-electron chi connectivity index (χ0n) is 27.4. The van der Waals surface area contributed by atoms with E-state index in [4.69, 9.17) is 41.4 Å². The van der Waals surface area contributed by atoms with Crippen molar-refractivity contribution in [1.82, 2.24) is 4.90 Å². The van der Waals surface area contributed by atoms with Gasteiger partial charge in [-0.2, -0.15) is 0 Å². The average Bonchev–Trinajstić information content (AvgIpc) is 3.10. The molecule has 0 saturated carbocycles. The fourth-order valence-corrected chi connectivity index (χ4v) is 4.01. The van der Waals surface area contributed by atoms with Crippen LogP contribution in [-0.2, 0) is 27.3 Å². The minimum atomic E-state index is -0.250. The van der Waals surface area contributed by atoms with E-state index in [1.165, 1.54) is 62.6 Å². The van der Waals surface area contributed by atoms with Crippen LogP contribution in [0, 0.1) is 0 Å². The third kappa shape index (κ3) is 21.7. The summed E-state index contributed by atoms with van der Waals surface area (Å²) < 4.78 is 10.6. The van der Waals surface area contributed by atoms with E-state index in [-0.39, 0.29) is 12.9 Å². The van der Waals surface area contributed by atoms with Crippen molar-refractivity contribution < 1.29 is 24.2 Å². The highest BCUT2D eigenvalue weighted by Crippen LogP contribution is 2.28. The highest BCUT2D eigenvalue weighted by molar-refractivity contribution is 5.68. The van der Waals surface area contributed by atoms with Crippen molar-refractivity contribution in [3.8, 4) is 5.75 Å². The Morgan fingerprint density at radius 1 is 0.889 bits per heavy atom. The van der Waals surface area contributed by atoms with Gasteiger partial charge in [0.2, 0.25) is 6.41 Å². The van der Waals surface area contributed by atoms with Gasteiger partial charge in [-0.25, -0.2) is 0 Å². The first kappa shape index (κ1) is 42.6. The molecule has 9 N–H and O–H groups in total. The van der Waals surface area contributed by atoms with Crippen LogP contribution in [0.4, 0.5) is 5.69 Å². The lowest BCUT2D eigenvalue weighted by Gasteiger charge is -2.26. The summed E-state index contributed by atoms with van der Waals surface area (Å²) >= 11 is 0. The van der Waals surface area contributed by atoms with Crippen molar-refractivity contribution in [2.45, 2.75) is 53.0 Å². The van der Waals surface area contributed by atoms with Crippen molar-refractivity contribution >= 4 is 24.3 Å². The first-order valence-corrected chi connectivity index (χ1v) is 15.2. The molecule has 4 rings (SSSR count). The lowest BCUT2D eigenvalue weighted by molar-refractivity contribution is -0.122. The SMILES string of the molecule is CC.CCO/C(=C\N)c1ccc(N)cc1OC.NC=O.NCc1ccccc1.O=CO.c1ccc(CCN2CCCCC2)cc1. The van der Waals surface area contributed by atoms with E-state index in [2.05, 4.69) is 41.0 Å². The molecule has 0 aliphatic carbocycles. The number of hydrogen-bond donors (Lipinski definition) is 5. The zero-order valence-corrected chi connectivity index (χ0v) is 27.4. The lowest BCUT2D eigenvalue weighted by Crippen LogP contribution is -2.31. The van der Waals surface area contributed by atoms with E-state index in [0.717, 1.165) is 5.56 Å². The number of primary amides is 1. The molecule has 0 spiro atoms. The molecule has 1 aliphatic rings. The maximum Gasteiger partial charge on any atom is 0.290 e. The maximum absolute atomic E-state index is 8.58. The Labute approximate surface area is 270 Å². The predicted molar refractivity (Wildman–Crippen MR) is 186 cm³/mol. The summed E-state index contributed by atoms with van der Waals surface area (Å²) in [6.07, 6.45) is 7.10. The summed E-state index contributed by atoms with van der Waals surface area (Å²) in [5, 5.41) is 6.89. The van der Waals surface area contributed by atoms with E-state index < -0.39 is 0 Å². The lowest BCUT2D eigenvalue weighted by atomic mass is 10.1. The smallest absolute Gasteiger partial charge is 0.290 e. The maximum atomic E-state index is 8.58. The molecule has 1 heterocycles. The minimum Gasteiger partial charge on any atom is -0.496 e. The van der Waals surface area contributed by atoms with E-state index >= 15 is 0 Å². The van der Waals surface area contributed by atoms with Gasteiger partial charge in [-0.3, -0.25) is 9.59 Å². The highest BCUT2D eigenvalue weighted by Gasteiger charge is 2.10. The third-order valence-corrected chi connectivity index (χ3v) is 6.03. The molecule has 45 heavy (non-hydrogen) atoms. The van der Waals surface area contributed by atoms with E-state index in [1.54, 1.807) is 19.2 Å². The van der Waals surface area contributed by atoms with Crippen molar-refractivity contribution in [2.75, 3.05) is 39.1 Å². The van der Waals surface area contributed by atoms with Gasteiger partial charge in [-0.05, 0) is 62.5 Å². The van der Waals surface area contributed by atoms with Gasteiger partial charge < -0.3 is 42.4 Å². The van der Waals surface area contributed by atoms with Gasteiger partial charge in [0.05, 0.1) is 19.3 Å². The molecule has 0 radical (unpaired) electrons. The number of anilines is 1. The molecule has 1 aliphatic heterocycles. The van der Waals surface area contributed by atoms with Crippen LogP contribution in [0.1, 0.15) is 56.7 Å². The number of nitrogen functional groups attached to an aromatic ring is 1. The second-order valence-electron chi connectivity index (χ2n) is 8.99. The summed E-state index contributed by atoms with van der Waals surface area (Å²) in [5.74, 6) is 1.24. The minimum absolute atomic E-state index is 0.250. The number of likely N-dealkylation sites (tertiary alicyclic amines) is 1. The Morgan fingerprint density at radius 3 is 1.82 bits per heavy atom. The Hall–Kier alpha value is -4.54. The first-order valence-electron chi connectivity index (χ1n) is 15.2. The number of nitrogens with zero attached hydrogens (tertiary/aromatic N) is 1. The van der Waals surface area contributed by atoms with Gasteiger partial charge in [0.25, 0.3) is 6.47 Å². The number of methoxy groups -OCH3 is 1. The van der Waals surface area contributed by atoms with Crippen LogP contribution < -0.4 is 27.7 Å². The average molecular weight is 626 g/mol. The number of carbonyl (C=O) groups excluding carboxylic acids is 1. The molecule has 1 saturated heterocycles. The normalized spacial score (nSPS) is 11.7. The molecule has 1 fully saturated rings. The Balaban J connectivity index is 0. The number of benzene rings is 3. The summed E-state index contributed by atoms with van der Waals surface area (Å²) in [4.78, 5) is 19.5. The van der Waals surface area contributed by atoms with Gasteiger partial charge in [0.15, 0.2) is 0 Å². The van der Waals surface area contributed by atoms with Crippen molar-refractivity contribution in [2.24, 2.45) is 17.2 Å². The second kappa shape index (κ2) is 30.9. The summed E-state index contributed by atoms with van der Waals surface area (Å²) in [7, 11) is 1.58. The number of rotatable bonds is 8. The molecule has 0 aromatic heterocycles. The van der Waals surface area contributed by atoms with Crippen LogP contribution in [0.15, 0.2) is 85.1 Å². The quantitative estimate of drug-likeness (QED) is 0.127. The molecule has 1 amide bonds. The topological polar surface area (TPSA) is 180 Å². The van der Waals surface area contributed by atoms with Crippen LogP contribution in [0.5, 0.6) is 5.75 Å². The number of piperidine rings is 1. The highest BCUT2D eigenvalue weighted by atomic mass is 16.5. The Kier molecular flexibility index (Phi) is 29.2. The number of amides is 1. The number of carboxylic acid groups (broad SMARTS) is 1. The molecule has 0 unspecified atom stereocenters. The Morgan fingerprint density at radius 2 is 1.40 bits per heavy atom. The summed E-state index contributed by atoms with van der Waals surface area (Å²) in [5.41, 5.74) is 24.7. The molecule has 3 aromatic carbocycles. The van der Waals surface area contributed by atoms with Gasteiger partial charge in [0.1, 0.15) is 11.5 Å². The van der Waals surface area contributed by atoms with Crippen LogP contribution in [-0.4, -0.2) is 56.2 Å². The predicted octanol–water partition coefficient (Wildman–Crippen LogP) is 5.26. The van der Waals surface area contributed by atoms with Gasteiger partial charge in [-0.1, -0.05) is 80.9 Å². The van der Waals surface area contributed by atoms with Crippen LogP contribution in [0.3, 0.4) is 0 Å². The largest absolute Gasteiger partial charge is 0.496 e. The first-order chi connectivity index (χ1) is 21.9. The van der Waals surface area contributed by atoms with Gasteiger partial charge in [0, 0.05) is 31.0 Å². The molecule has 0 bridgehead atoms. The van der Waals surface area contributed by atoms with Crippen molar-refractivity contribution in [3.05, 3.63) is 102 Å². The zero-order chi connectivity index (χ0) is 34.1. The number of carbonyl (C=O) groups is 2. The molecule has 10 nitrogen and oxygen atoms in total. The fraction of sp³-hybridized carbons (Fsp3) is 0.371. The molecule has 3 aromatic rings. The van der Waals surface area contributed by atoms with Crippen LogP contribution in [0.25, 0.3) is 5.76 Å². The monoisotopic (exact) mass is 625 g/mol. The third-order valence-electron chi connectivity index (χ3n) is 6.03. The summed E-state index contributed by atoms with van der Waals surface area (Å²) in [6.45, 7) is 10.7. The molecular weight excluding hydrogens is 570 g/mol. The van der Waals surface area contributed by atoms with Crippen LogP contribution >= 0.6 is 0 Å². The van der Waals surface area contributed by atoms with E-state index in [0.29, 0.717) is 30.3 Å². The standard InChI is InChI=1S/C13H19N.C11H16N2O2.C7H9N.C2H6.CH3NO.CH2O2/c1-3-7-13(8-4-1)9-12-14-10-5-2-6-11-14;1-3-15-11(7-12)9-5-4-8(13)6-10(9)14-2;8-6-7-4-2-1-3-5-7;1-2;2*2-1-3/h1,3-4,7-8H,2,5-6,9-12H2;4-7H,3,12-13H2,1-2H3;1-5H,6,8H2;1-2H3;1H,(H2,2,3);1H,(H,2,3)/b;11-7-;;;;. The van der Waals surface area contributed by atoms with Crippen molar-refractivity contribution in [1.29, 1.82) is 0 Å². The number of ether oxygens (including phenoxy) is 2.